The summed E-state index contributed by atoms with van der Waals surface area (Å²) in [6.45, 7) is 5.47. The van der Waals surface area contributed by atoms with Crippen LogP contribution in [-0.4, -0.2) is 32.9 Å². The van der Waals surface area contributed by atoms with Gasteiger partial charge in [0.2, 0.25) is 10.0 Å². The minimum Gasteiger partial charge on any atom is -0.495 e. The number of methoxy groups -OCH3 is 1. The molecule has 1 aliphatic rings. The number of ether oxygens (including phenoxy) is 1. The number of sulfonamides is 1. The molecule has 1 aromatic rings. The maximum absolute atomic E-state index is 12.8. The largest absolute Gasteiger partial charge is 0.495 e. The van der Waals surface area contributed by atoms with Crippen LogP contribution in [-0.2, 0) is 10.0 Å². The zero-order valence-corrected chi connectivity index (χ0v) is 13.7. The second-order valence-electron chi connectivity index (χ2n) is 5.98. The number of nitrogens with zero attached hydrogens (tertiary/aromatic N) is 1. The summed E-state index contributed by atoms with van der Waals surface area (Å²) in [5.74, 6) is 0.341. The monoisotopic (exact) mass is 312 g/mol. The van der Waals surface area contributed by atoms with Crippen molar-refractivity contribution in [1.29, 1.82) is 0 Å². The summed E-state index contributed by atoms with van der Waals surface area (Å²) in [5.41, 5.74) is 6.40. The molecule has 2 N–H and O–H groups in total. The lowest BCUT2D eigenvalue weighted by Gasteiger charge is -2.38. The highest BCUT2D eigenvalue weighted by Crippen LogP contribution is 2.37. The Morgan fingerprint density at radius 1 is 1.33 bits per heavy atom. The van der Waals surface area contributed by atoms with Crippen molar-refractivity contribution in [3.8, 4) is 5.75 Å². The molecular weight excluding hydrogens is 288 g/mol. The van der Waals surface area contributed by atoms with Crippen LogP contribution in [0.1, 0.15) is 33.1 Å². The summed E-state index contributed by atoms with van der Waals surface area (Å²) in [6.07, 6.45) is 2.84. The second-order valence-corrected chi connectivity index (χ2v) is 7.88. The molecule has 0 bridgehead atoms. The molecule has 6 heteroatoms. The molecule has 1 aromatic carbocycles. The fourth-order valence-corrected chi connectivity index (χ4v) is 4.29. The van der Waals surface area contributed by atoms with E-state index < -0.39 is 10.0 Å². The van der Waals surface area contributed by atoms with E-state index in [9.17, 15) is 8.42 Å². The Hall–Kier alpha value is -1.27. The fourth-order valence-electron chi connectivity index (χ4n) is 2.65. The Morgan fingerprint density at radius 3 is 2.48 bits per heavy atom. The van der Waals surface area contributed by atoms with Crippen molar-refractivity contribution in [1.82, 2.24) is 4.31 Å². The SMILES string of the molecule is CCC1(C)CCN(S(=O)(=O)c2cc(N)ccc2OC)CC1. The van der Waals surface area contributed by atoms with Crippen molar-refractivity contribution in [2.45, 2.75) is 38.0 Å². The van der Waals surface area contributed by atoms with E-state index in [1.165, 1.54) is 13.2 Å². The third kappa shape index (κ3) is 3.16. The van der Waals surface area contributed by atoms with Crippen LogP contribution < -0.4 is 10.5 Å². The first-order valence-electron chi connectivity index (χ1n) is 7.26. The average molecular weight is 312 g/mol. The Kier molecular flexibility index (Phi) is 4.49. The van der Waals surface area contributed by atoms with Gasteiger partial charge in [0, 0.05) is 18.8 Å². The van der Waals surface area contributed by atoms with E-state index in [4.69, 9.17) is 10.5 Å². The van der Waals surface area contributed by atoms with E-state index in [0.29, 0.717) is 24.5 Å². The molecular formula is C15H24N2O3S. The van der Waals surface area contributed by atoms with Gasteiger partial charge in [0.1, 0.15) is 10.6 Å². The number of rotatable bonds is 4. The van der Waals surface area contributed by atoms with Crippen molar-refractivity contribution < 1.29 is 13.2 Å². The lowest BCUT2D eigenvalue weighted by Crippen LogP contribution is -2.41. The zero-order valence-electron chi connectivity index (χ0n) is 12.9. The first-order valence-corrected chi connectivity index (χ1v) is 8.70. The summed E-state index contributed by atoms with van der Waals surface area (Å²) in [6, 6.07) is 4.71. The van der Waals surface area contributed by atoms with Gasteiger partial charge in [0.05, 0.1) is 7.11 Å². The number of anilines is 1. The molecule has 0 radical (unpaired) electrons. The van der Waals surface area contributed by atoms with Gasteiger partial charge in [0.25, 0.3) is 0 Å². The molecule has 118 valence electrons. The Bertz CT molecular complexity index is 605. The van der Waals surface area contributed by atoms with Crippen LogP contribution in [0.3, 0.4) is 0 Å². The van der Waals surface area contributed by atoms with E-state index >= 15 is 0 Å². The zero-order chi connectivity index (χ0) is 15.7. The first-order chi connectivity index (χ1) is 9.82. The van der Waals surface area contributed by atoms with E-state index in [-0.39, 0.29) is 10.3 Å². The molecule has 2 rings (SSSR count). The van der Waals surface area contributed by atoms with Crippen molar-refractivity contribution >= 4 is 15.7 Å². The summed E-state index contributed by atoms with van der Waals surface area (Å²) in [5, 5.41) is 0. The molecule has 21 heavy (non-hydrogen) atoms. The molecule has 0 aromatic heterocycles. The average Bonchev–Trinajstić information content (AvgIpc) is 2.47. The minimum atomic E-state index is -3.56. The van der Waals surface area contributed by atoms with Crippen LogP contribution >= 0.6 is 0 Å². The lowest BCUT2D eigenvalue weighted by molar-refractivity contribution is 0.168. The number of nitrogens with two attached hydrogens (primary N) is 1. The summed E-state index contributed by atoms with van der Waals surface area (Å²) < 4.78 is 32.3. The third-order valence-electron chi connectivity index (χ3n) is 4.59. The highest BCUT2D eigenvalue weighted by molar-refractivity contribution is 7.89. The van der Waals surface area contributed by atoms with Gasteiger partial charge in [0.15, 0.2) is 0 Å². The summed E-state index contributed by atoms with van der Waals surface area (Å²) in [4.78, 5) is 0.158. The molecule has 0 spiro atoms. The van der Waals surface area contributed by atoms with E-state index in [0.717, 1.165) is 19.3 Å². The van der Waals surface area contributed by atoms with Gasteiger partial charge >= 0.3 is 0 Å². The molecule has 1 saturated heterocycles. The van der Waals surface area contributed by atoms with Gasteiger partial charge in [-0.15, -0.1) is 0 Å². The van der Waals surface area contributed by atoms with Crippen LogP contribution in [0.2, 0.25) is 0 Å². The van der Waals surface area contributed by atoms with Crippen molar-refractivity contribution in [2.75, 3.05) is 25.9 Å². The van der Waals surface area contributed by atoms with Gasteiger partial charge in [-0.05, 0) is 36.5 Å². The van der Waals surface area contributed by atoms with Crippen molar-refractivity contribution in [3.63, 3.8) is 0 Å². The number of nitrogen functional groups attached to an aromatic ring is 1. The summed E-state index contributed by atoms with van der Waals surface area (Å²) >= 11 is 0. The predicted octanol–water partition coefficient (Wildman–Crippen LogP) is 2.48. The molecule has 0 saturated carbocycles. The molecule has 0 atom stereocenters. The topological polar surface area (TPSA) is 72.6 Å². The van der Waals surface area contributed by atoms with Crippen molar-refractivity contribution in [2.24, 2.45) is 5.41 Å². The highest BCUT2D eigenvalue weighted by atomic mass is 32.2. The number of benzene rings is 1. The smallest absolute Gasteiger partial charge is 0.246 e. The van der Waals surface area contributed by atoms with E-state index in [1.807, 2.05) is 0 Å². The Morgan fingerprint density at radius 2 is 1.95 bits per heavy atom. The van der Waals surface area contributed by atoms with Gasteiger partial charge in [-0.2, -0.15) is 4.31 Å². The number of piperidine rings is 1. The molecule has 5 nitrogen and oxygen atoms in total. The maximum atomic E-state index is 12.8. The van der Waals surface area contributed by atoms with Gasteiger partial charge in [-0.25, -0.2) is 8.42 Å². The van der Waals surface area contributed by atoms with Crippen LogP contribution in [0.5, 0.6) is 5.75 Å². The normalized spacial score (nSPS) is 19.4. The molecule has 0 unspecified atom stereocenters. The number of hydrogen-bond acceptors (Lipinski definition) is 4. The van der Waals surface area contributed by atoms with Crippen LogP contribution in [0, 0.1) is 5.41 Å². The van der Waals surface area contributed by atoms with Crippen LogP contribution in [0.15, 0.2) is 23.1 Å². The van der Waals surface area contributed by atoms with Gasteiger partial charge in [-0.1, -0.05) is 20.3 Å². The molecule has 0 aliphatic carbocycles. The number of hydrogen-bond donors (Lipinski definition) is 1. The fraction of sp³-hybridized carbons (Fsp3) is 0.600. The third-order valence-corrected chi connectivity index (χ3v) is 6.51. The highest BCUT2D eigenvalue weighted by Gasteiger charge is 2.35. The van der Waals surface area contributed by atoms with Crippen molar-refractivity contribution in [3.05, 3.63) is 18.2 Å². The predicted molar refractivity (Wildman–Crippen MR) is 83.8 cm³/mol. The van der Waals surface area contributed by atoms with E-state index in [2.05, 4.69) is 13.8 Å². The first kappa shape index (κ1) is 16.1. The minimum absolute atomic E-state index is 0.158. The van der Waals surface area contributed by atoms with E-state index in [1.54, 1.807) is 16.4 Å². The molecule has 1 heterocycles. The van der Waals surface area contributed by atoms with Gasteiger partial charge in [-0.3, -0.25) is 0 Å². The molecule has 1 aliphatic heterocycles. The quantitative estimate of drug-likeness (QED) is 0.867. The Labute approximate surface area is 127 Å². The maximum Gasteiger partial charge on any atom is 0.246 e. The standard InChI is InChI=1S/C15H24N2O3S/c1-4-15(2)7-9-17(10-8-15)21(18,19)14-11-12(16)5-6-13(14)20-3/h5-6,11H,4,7-10,16H2,1-3H3. The lowest BCUT2D eigenvalue weighted by atomic mass is 9.79. The van der Waals surface area contributed by atoms with Crippen LogP contribution in [0.4, 0.5) is 5.69 Å². The van der Waals surface area contributed by atoms with Gasteiger partial charge < -0.3 is 10.5 Å². The molecule has 1 fully saturated rings. The Balaban J connectivity index is 2.30. The molecule has 0 amide bonds. The van der Waals surface area contributed by atoms with Crippen LogP contribution in [0.25, 0.3) is 0 Å². The second kappa shape index (κ2) is 5.85. The summed E-state index contributed by atoms with van der Waals surface area (Å²) in [7, 11) is -2.09.